The fourth-order valence-corrected chi connectivity index (χ4v) is 2.76. The van der Waals surface area contributed by atoms with Crippen molar-refractivity contribution in [3.8, 4) is 0 Å². The van der Waals surface area contributed by atoms with Crippen molar-refractivity contribution < 1.29 is 14.7 Å². The van der Waals surface area contributed by atoms with Gasteiger partial charge < -0.3 is 15.7 Å². The smallest absolute Gasteiger partial charge is 0.311 e. The molecule has 2 fully saturated rings. The molecule has 2 aliphatic rings. The molecule has 2 atom stereocenters. The summed E-state index contributed by atoms with van der Waals surface area (Å²) < 4.78 is 0. The third-order valence-electron chi connectivity index (χ3n) is 4.39. The lowest BCUT2D eigenvalue weighted by molar-refractivity contribution is -0.152. The number of carbonyl (C=O) groups is 2. The number of hydrogen-bond acceptors (Lipinski definition) is 3. The van der Waals surface area contributed by atoms with E-state index in [1.165, 1.54) is 12.8 Å². The Balaban J connectivity index is 1.80. The van der Waals surface area contributed by atoms with Crippen LogP contribution in [-0.2, 0) is 9.59 Å². The Morgan fingerprint density at radius 2 is 2.00 bits per heavy atom. The first-order valence-corrected chi connectivity index (χ1v) is 7.28. The number of carboxylic acids is 1. The van der Waals surface area contributed by atoms with Crippen LogP contribution < -0.4 is 10.6 Å². The molecule has 0 spiro atoms. The molecule has 19 heavy (non-hydrogen) atoms. The van der Waals surface area contributed by atoms with E-state index in [1.54, 1.807) is 6.92 Å². The quantitative estimate of drug-likeness (QED) is 0.678. The van der Waals surface area contributed by atoms with Crippen molar-refractivity contribution in [2.24, 2.45) is 5.41 Å². The van der Waals surface area contributed by atoms with E-state index in [0.29, 0.717) is 25.4 Å². The second-order valence-corrected chi connectivity index (χ2v) is 6.07. The molecule has 0 aliphatic heterocycles. The van der Waals surface area contributed by atoms with Crippen molar-refractivity contribution in [3.05, 3.63) is 0 Å². The second-order valence-electron chi connectivity index (χ2n) is 6.07. The molecule has 0 bridgehead atoms. The molecule has 5 heteroatoms. The first kappa shape index (κ1) is 14.3. The van der Waals surface area contributed by atoms with Gasteiger partial charge in [0.05, 0.1) is 5.41 Å². The van der Waals surface area contributed by atoms with Crippen LogP contribution in [-0.4, -0.2) is 35.6 Å². The normalized spacial score (nSPS) is 30.9. The standard InChI is InChI=1S/C14H24N2O3/c1-14(13(18)19)8-3-2-4-11(14)16-12(17)7-9-15-10-5-6-10/h10-11,15H,2-9H2,1H3,(H,16,17)(H,18,19). The summed E-state index contributed by atoms with van der Waals surface area (Å²) in [5.41, 5.74) is -0.808. The minimum Gasteiger partial charge on any atom is -0.481 e. The summed E-state index contributed by atoms with van der Waals surface area (Å²) in [6, 6.07) is 0.374. The summed E-state index contributed by atoms with van der Waals surface area (Å²) >= 11 is 0. The van der Waals surface area contributed by atoms with Gasteiger partial charge in [-0.3, -0.25) is 9.59 Å². The van der Waals surface area contributed by atoms with Gasteiger partial charge in [-0.25, -0.2) is 0 Å². The van der Waals surface area contributed by atoms with Crippen molar-refractivity contribution in [2.45, 2.75) is 64.0 Å². The van der Waals surface area contributed by atoms with E-state index in [0.717, 1.165) is 19.3 Å². The largest absolute Gasteiger partial charge is 0.481 e. The summed E-state index contributed by atoms with van der Waals surface area (Å²) in [5.74, 6) is -0.832. The predicted octanol–water partition coefficient (Wildman–Crippen LogP) is 1.28. The Bertz CT molecular complexity index is 355. The van der Waals surface area contributed by atoms with Crippen LogP contribution in [0.25, 0.3) is 0 Å². The van der Waals surface area contributed by atoms with Crippen molar-refractivity contribution >= 4 is 11.9 Å². The number of rotatable bonds is 6. The fourth-order valence-electron chi connectivity index (χ4n) is 2.76. The minimum atomic E-state index is -0.808. The molecule has 0 heterocycles. The summed E-state index contributed by atoms with van der Waals surface area (Å²) in [6.07, 6.45) is 6.19. The third-order valence-corrected chi connectivity index (χ3v) is 4.39. The Morgan fingerprint density at radius 1 is 1.26 bits per heavy atom. The third kappa shape index (κ3) is 3.69. The van der Waals surface area contributed by atoms with Gasteiger partial charge in [0.15, 0.2) is 0 Å². The number of carboxylic acid groups (broad SMARTS) is 1. The molecule has 0 aromatic heterocycles. The second kappa shape index (κ2) is 5.90. The van der Waals surface area contributed by atoms with Gasteiger partial charge in [-0.05, 0) is 32.6 Å². The van der Waals surface area contributed by atoms with Crippen molar-refractivity contribution in [2.75, 3.05) is 6.54 Å². The molecule has 0 radical (unpaired) electrons. The van der Waals surface area contributed by atoms with Crippen LogP contribution in [0.15, 0.2) is 0 Å². The van der Waals surface area contributed by atoms with Crippen LogP contribution in [0.1, 0.15) is 51.9 Å². The van der Waals surface area contributed by atoms with E-state index < -0.39 is 11.4 Å². The fraction of sp³-hybridized carbons (Fsp3) is 0.857. The van der Waals surface area contributed by atoms with E-state index in [4.69, 9.17) is 0 Å². The maximum atomic E-state index is 11.9. The summed E-state index contributed by atoms with van der Waals surface area (Å²) in [5, 5.41) is 15.6. The maximum Gasteiger partial charge on any atom is 0.311 e. The topological polar surface area (TPSA) is 78.4 Å². The number of aliphatic carboxylic acids is 1. The molecule has 1 amide bonds. The van der Waals surface area contributed by atoms with Gasteiger partial charge in [-0.15, -0.1) is 0 Å². The zero-order chi connectivity index (χ0) is 13.9. The Labute approximate surface area is 114 Å². The number of nitrogens with one attached hydrogen (secondary N) is 2. The first-order valence-electron chi connectivity index (χ1n) is 7.28. The lowest BCUT2D eigenvalue weighted by Crippen LogP contribution is -2.52. The van der Waals surface area contributed by atoms with Gasteiger partial charge in [-0.2, -0.15) is 0 Å². The van der Waals surface area contributed by atoms with Crippen LogP contribution in [0.5, 0.6) is 0 Å². The molecule has 2 aliphatic carbocycles. The van der Waals surface area contributed by atoms with E-state index in [-0.39, 0.29) is 11.9 Å². The molecule has 2 unspecified atom stereocenters. The van der Waals surface area contributed by atoms with Gasteiger partial charge in [-0.1, -0.05) is 12.8 Å². The molecule has 108 valence electrons. The molecule has 2 rings (SSSR count). The highest BCUT2D eigenvalue weighted by Crippen LogP contribution is 2.36. The molecular formula is C14H24N2O3. The predicted molar refractivity (Wildman–Crippen MR) is 71.8 cm³/mol. The van der Waals surface area contributed by atoms with Crippen LogP contribution in [0, 0.1) is 5.41 Å². The van der Waals surface area contributed by atoms with Gasteiger partial charge in [0, 0.05) is 25.0 Å². The lowest BCUT2D eigenvalue weighted by atomic mass is 9.71. The Hall–Kier alpha value is -1.10. The van der Waals surface area contributed by atoms with E-state index >= 15 is 0 Å². The van der Waals surface area contributed by atoms with Crippen LogP contribution >= 0.6 is 0 Å². The van der Waals surface area contributed by atoms with E-state index in [1.807, 2.05) is 0 Å². The number of amides is 1. The van der Waals surface area contributed by atoms with Gasteiger partial charge >= 0.3 is 5.97 Å². The zero-order valence-corrected chi connectivity index (χ0v) is 11.6. The number of carbonyl (C=O) groups excluding carboxylic acids is 1. The first-order chi connectivity index (χ1) is 9.02. The highest BCUT2D eigenvalue weighted by atomic mass is 16.4. The summed E-state index contributed by atoms with van der Waals surface area (Å²) in [7, 11) is 0. The summed E-state index contributed by atoms with van der Waals surface area (Å²) in [4.78, 5) is 23.3. The van der Waals surface area contributed by atoms with Gasteiger partial charge in [0.25, 0.3) is 0 Å². The van der Waals surface area contributed by atoms with Crippen molar-refractivity contribution in [1.29, 1.82) is 0 Å². The lowest BCUT2D eigenvalue weighted by Gasteiger charge is -2.38. The monoisotopic (exact) mass is 268 g/mol. The van der Waals surface area contributed by atoms with E-state index in [2.05, 4.69) is 10.6 Å². The Morgan fingerprint density at radius 3 is 2.63 bits per heavy atom. The van der Waals surface area contributed by atoms with Gasteiger partial charge in [0.1, 0.15) is 0 Å². The summed E-state index contributed by atoms with van der Waals surface area (Å²) in [6.45, 7) is 2.44. The average molecular weight is 268 g/mol. The van der Waals surface area contributed by atoms with Crippen molar-refractivity contribution in [3.63, 3.8) is 0 Å². The SMILES string of the molecule is CC1(C(=O)O)CCCCC1NC(=O)CCNC1CC1. The molecular weight excluding hydrogens is 244 g/mol. The number of hydrogen-bond donors (Lipinski definition) is 3. The molecule has 0 saturated heterocycles. The molecule has 3 N–H and O–H groups in total. The van der Waals surface area contributed by atoms with Crippen molar-refractivity contribution in [1.82, 2.24) is 10.6 Å². The highest BCUT2D eigenvalue weighted by Gasteiger charge is 2.43. The molecule has 0 aromatic carbocycles. The average Bonchev–Trinajstić information content (AvgIpc) is 3.16. The van der Waals surface area contributed by atoms with E-state index in [9.17, 15) is 14.7 Å². The van der Waals surface area contributed by atoms with Crippen LogP contribution in [0.3, 0.4) is 0 Å². The van der Waals surface area contributed by atoms with Crippen LogP contribution in [0.2, 0.25) is 0 Å². The van der Waals surface area contributed by atoms with Crippen LogP contribution in [0.4, 0.5) is 0 Å². The minimum absolute atomic E-state index is 0.0347. The molecule has 5 nitrogen and oxygen atoms in total. The van der Waals surface area contributed by atoms with Gasteiger partial charge in [0.2, 0.25) is 5.91 Å². The zero-order valence-electron chi connectivity index (χ0n) is 11.6. The molecule has 2 saturated carbocycles. The Kier molecular flexibility index (Phi) is 4.45. The maximum absolute atomic E-state index is 11.9. The highest BCUT2D eigenvalue weighted by molar-refractivity contribution is 5.80. The molecule has 0 aromatic rings.